The van der Waals surface area contributed by atoms with Gasteiger partial charge in [-0.3, -0.25) is 9.59 Å². The molecule has 40 heavy (non-hydrogen) atoms. The highest BCUT2D eigenvalue weighted by Gasteiger charge is 2.38. The Hall–Kier alpha value is -2.50. The molecule has 4 unspecified atom stereocenters. The van der Waals surface area contributed by atoms with E-state index in [1.807, 2.05) is 13.8 Å². The normalized spacial score (nSPS) is 17.9. The highest BCUT2D eigenvalue weighted by Crippen LogP contribution is 2.32. The van der Waals surface area contributed by atoms with Crippen molar-refractivity contribution in [3.8, 4) is 0 Å². The van der Waals surface area contributed by atoms with Crippen molar-refractivity contribution in [2.45, 2.75) is 132 Å². The molecule has 0 aliphatic carbocycles. The lowest BCUT2D eigenvalue weighted by Gasteiger charge is -2.21. The lowest BCUT2D eigenvalue weighted by Crippen LogP contribution is -2.19. The minimum Gasteiger partial charge on any atom is -0.393 e. The predicted octanol–water partition coefficient (Wildman–Crippen LogP) is 8.84. The summed E-state index contributed by atoms with van der Waals surface area (Å²) in [5.41, 5.74) is 2.66. The average molecular weight is 561 g/mol. The zero-order chi connectivity index (χ0) is 30.5. The van der Waals surface area contributed by atoms with E-state index in [1.54, 1.807) is 0 Å². The lowest BCUT2D eigenvalue weighted by atomic mass is 9.82. The molecule has 0 bridgehead atoms. The number of rotatable bonds is 15. The predicted molar refractivity (Wildman–Crippen MR) is 162 cm³/mol. The topological polar surface area (TPSA) is 86.7 Å². The molecule has 2 aliphatic rings. The Morgan fingerprint density at radius 3 is 1.70 bits per heavy atom. The van der Waals surface area contributed by atoms with Crippen LogP contribution in [-0.4, -0.2) is 23.9 Å². The second kappa shape index (κ2) is 22.2. The fourth-order valence-corrected chi connectivity index (χ4v) is 5.10. The van der Waals surface area contributed by atoms with E-state index in [9.17, 15) is 19.2 Å². The zero-order valence-electron chi connectivity index (χ0n) is 26.6. The molecule has 0 N–H and O–H groups in total. The van der Waals surface area contributed by atoms with Crippen LogP contribution < -0.4 is 0 Å². The van der Waals surface area contributed by atoms with Crippen LogP contribution in [0.4, 0.5) is 0 Å². The smallest absolute Gasteiger partial charge is 0.338 e. The van der Waals surface area contributed by atoms with E-state index in [4.69, 9.17) is 4.74 Å². The summed E-state index contributed by atoms with van der Waals surface area (Å²) in [5, 5.41) is 0. The molecule has 2 aliphatic heterocycles. The van der Waals surface area contributed by atoms with Crippen LogP contribution in [-0.2, 0) is 28.7 Å². The van der Waals surface area contributed by atoms with Gasteiger partial charge in [0.05, 0.1) is 12.3 Å². The molecule has 2 rings (SSSR count). The molecule has 0 radical (unpaired) electrons. The van der Waals surface area contributed by atoms with Gasteiger partial charge in [0, 0.05) is 12.2 Å². The Morgan fingerprint density at radius 1 is 0.775 bits per heavy atom. The molecule has 1 fully saturated rings. The van der Waals surface area contributed by atoms with Crippen molar-refractivity contribution in [1.29, 1.82) is 0 Å². The van der Waals surface area contributed by atoms with Gasteiger partial charge in [-0.15, -0.1) is 0 Å². The number of allylic oxidation sites excluding steroid dienone is 4. The Kier molecular flexibility index (Phi) is 20.8. The minimum atomic E-state index is -0.579. The summed E-state index contributed by atoms with van der Waals surface area (Å²) in [6, 6.07) is 0. The average Bonchev–Trinajstić information content (AvgIpc) is 3.44. The first-order chi connectivity index (χ1) is 19.0. The molecule has 4 atom stereocenters. The first-order valence-electron chi connectivity index (χ1n) is 15.4. The maximum atomic E-state index is 11.8. The highest BCUT2D eigenvalue weighted by atomic mass is 16.6. The van der Waals surface area contributed by atoms with Crippen LogP contribution in [0.15, 0.2) is 35.5 Å². The molecular formula is C34H56O6. The van der Waals surface area contributed by atoms with Gasteiger partial charge in [0.2, 0.25) is 0 Å². The van der Waals surface area contributed by atoms with Crippen molar-refractivity contribution in [3.05, 3.63) is 35.5 Å². The molecule has 0 saturated carbocycles. The maximum Gasteiger partial charge on any atom is 0.338 e. The van der Waals surface area contributed by atoms with Crippen LogP contribution in [0.3, 0.4) is 0 Å². The maximum absolute atomic E-state index is 11.8. The van der Waals surface area contributed by atoms with E-state index in [2.05, 4.69) is 58.4 Å². The molecule has 2 heterocycles. The Balaban J connectivity index is 0.000000646. The van der Waals surface area contributed by atoms with E-state index >= 15 is 0 Å². The molecule has 0 aromatic carbocycles. The summed E-state index contributed by atoms with van der Waals surface area (Å²) in [4.78, 5) is 42.9. The minimum absolute atomic E-state index is 0.143. The van der Waals surface area contributed by atoms with E-state index in [-0.39, 0.29) is 30.2 Å². The molecule has 6 nitrogen and oxygen atoms in total. The van der Waals surface area contributed by atoms with Gasteiger partial charge in [-0.25, -0.2) is 9.59 Å². The second-order valence-corrected chi connectivity index (χ2v) is 11.5. The Morgan fingerprint density at radius 2 is 1.32 bits per heavy atom. The van der Waals surface area contributed by atoms with Crippen molar-refractivity contribution >= 4 is 23.9 Å². The summed E-state index contributed by atoms with van der Waals surface area (Å²) in [5.74, 6) is -0.276. The van der Waals surface area contributed by atoms with Gasteiger partial charge in [0.15, 0.2) is 0 Å². The summed E-state index contributed by atoms with van der Waals surface area (Å²) in [6.07, 6.45) is 20.9. The van der Waals surface area contributed by atoms with E-state index < -0.39 is 11.9 Å². The number of cyclic esters (lactones) is 4. The number of carbonyl (C=O) groups excluding carboxylic acids is 4. The van der Waals surface area contributed by atoms with Crippen LogP contribution >= 0.6 is 0 Å². The third-order valence-corrected chi connectivity index (χ3v) is 7.35. The van der Waals surface area contributed by atoms with Gasteiger partial charge in [0.1, 0.15) is 0 Å². The molecule has 0 spiro atoms. The molecule has 6 heteroatoms. The first kappa shape index (κ1) is 37.5. The number of ether oxygens (including phenoxy) is 2. The zero-order valence-corrected chi connectivity index (χ0v) is 26.6. The van der Waals surface area contributed by atoms with Crippen molar-refractivity contribution in [3.63, 3.8) is 0 Å². The summed E-state index contributed by atoms with van der Waals surface area (Å²) in [6.45, 7) is 17.5. The number of hydrogen-bond donors (Lipinski definition) is 0. The Labute approximate surface area is 244 Å². The van der Waals surface area contributed by atoms with Crippen molar-refractivity contribution < 1.29 is 28.7 Å². The van der Waals surface area contributed by atoms with Gasteiger partial charge >= 0.3 is 23.9 Å². The van der Waals surface area contributed by atoms with E-state index in [1.165, 1.54) is 68.9 Å². The molecule has 228 valence electrons. The summed E-state index contributed by atoms with van der Waals surface area (Å²) in [7, 11) is 0. The Bertz CT molecular complexity index is 842. The number of unbranched alkanes of at least 4 members (excludes halogenated alkanes) is 1. The fraction of sp³-hybridized carbons (Fsp3) is 0.706. The van der Waals surface area contributed by atoms with E-state index in [0.717, 1.165) is 36.8 Å². The van der Waals surface area contributed by atoms with Crippen molar-refractivity contribution in [2.75, 3.05) is 0 Å². The molecule has 0 aromatic heterocycles. The third kappa shape index (κ3) is 18.0. The molecule has 0 amide bonds. The SMILES string of the molecule is CCCC(CC)CCC(C=C(C)C)C1CC(=O)OC1=O.CCCC(CC)CCCC=C(C)C.O=C1C=CC(=O)O1. The van der Waals surface area contributed by atoms with Crippen LogP contribution in [0.5, 0.6) is 0 Å². The summed E-state index contributed by atoms with van der Waals surface area (Å²) >= 11 is 0. The standard InChI is InChI=1S/C17H28O3.C13H26.C4H2O3/c1-5-7-13(6-2)8-9-14(10-12(3)4)15-11-16(18)20-17(15)19;1-5-9-13(6-2)11-8-7-10-12(3)4;5-3-1-2-4(6)7-3/h10,13-15H,5-9,11H2,1-4H3;10,13H,5-9,11H2,1-4H3;1-2H. The van der Waals surface area contributed by atoms with E-state index in [0.29, 0.717) is 0 Å². The monoisotopic (exact) mass is 560 g/mol. The van der Waals surface area contributed by atoms with Gasteiger partial charge < -0.3 is 9.47 Å². The van der Waals surface area contributed by atoms with Crippen LogP contribution in [0, 0.1) is 23.7 Å². The van der Waals surface area contributed by atoms with Crippen molar-refractivity contribution in [1.82, 2.24) is 0 Å². The molecular weight excluding hydrogens is 504 g/mol. The van der Waals surface area contributed by atoms with Crippen LogP contribution in [0.2, 0.25) is 0 Å². The second-order valence-electron chi connectivity index (χ2n) is 11.5. The van der Waals surface area contributed by atoms with Gasteiger partial charge in [0.25, 0.3) is 0 Å². The lowest BCUT2D eigenvalue weighted by molar-refractivity contribution is -0.154. The van der Waals surface area contributed by atoms with Gasteiger partial charge in [-0.05, 0) is 71.1 Å². The number of hydrogen-bond acceptors (Lipinski definition) is 6. The van der Waals surface area contributed by atoms with Crippen LogP contribution in [0.1, 0.15) is 132 Å². The number of esters is 4. The first-order valence-corrected chi connectivity index (χ1v) is 15.4. The highest BCUT2D eigenvalue weighted by molar-refractivity contribution is 6.04. The number of carbonyl (C=O) groups is 4. The van der Waals surface area contributed by atoms with Gasteiger partial charge in [-0.1, -0.05) is 95.9 Å². The summed E-state index contributed by atoms with van der Waals surface area (Å²) < 4.78 is 8.68. The third-order valence-electron chi connectivity index (χ3n) is 7.35. The molecule has 0 aromatic rings. The van der Waals surface area contributed by atoms with Crippen molar-refractivity contribution in [2.24, 2.45) is 23.7 Å². The largest absolute Gasteiger partial charge is 0.393 e. The molecule has 1 saturated heterocycles. The fourth-order valence-electron chi connectivity index (χ4n) is 5.10. The quantitative estimate of drug-likeness (QED) is 0.0860. The van der Waals surface area contributed by atoms with Crippen LogP contribution in [0.25, 0.3) is 0 Å². The van der Waals surface area contributed by atoms with Gasteiger partial charge in [-0.2, -0.15) is 0 Å².